The third-order valence-electron chi connectivity index (χ3n) is 2.99. The molecule has 2 rings (SSSR count). The molecule has 0 spiro atoms. The average molecular weight is 271 g/mol. The predicted molar refractivity (Wildman–Crippen MR) is 78.6 cm³/mol. The molecule has 1 N–H and O–H groups in total. The van der Waals surface area contributed by atoms with E-state index < -0.39 is 5.97 Å². The number of benzene rings is 1. The van der Waals surface area contributed by atoms with E-state index in [-0.39, 0.29) is 17.9 Å². The van der Waals surface area contributed by atoms with Crippen molar-refractivity contribution in [2.24, 2.45) is 4.99 Å². The largest absolute Gasteiger partial charge is 0.505 e. The van der Waals surface area contributed by atoms with Gasteiger partial charge in [0, 0.05) is 0 Å². The van der Waals surface area contributed by atoms with Crippen molar-refractivity contribution in [3.63, 3.8) is 0 Å². The Bertz CT molecular complexity index is 622. The fourth-order valence-corrected chi connectivity index (χ4v) is 1.96. The number of hydrogen-bond donors (Lipinski definition) is 1. The van der Waals surface area contributed by atoms with Crippen molar-refractivity contribution in [1.29, 1.82) is 0 Å². The average Bonchev–Trinajstić information content (AvgIpc) is 2.67. The third kappa shape index (κ3) is 2.79. The second-order valence-electron chi connectivity index (χ2n) is 4.58. The summed E-state index contributed by atoms with van der Waals surface area (Å²) < 4.78 is 4.92. The summed E-state index contributed by atoms with van der Waals surface area (Å²) in [5, 5.41) is 10.1. The smallest absolute Gasteiger partial charge is 0.343 e. The van der Waals surface area contributed by atoms with Crippen LogP contribution in [0.5, 0.6) is 0 Å². The molecule has 1 aliphatic heterocycles. The van der Waals surface area contributed by atoms with E-state index in [1.807, 2.05) is 31.2 Å². The molecule has 0 aromatic heterocycles. The van der Waals surface area contributed by atoms with Crippen LogP contribution >= 0.6 is 0 Å². The van der Waals surface area contributed by atoms with Crippen LogP contribution in [0.1, 0.15) is 25.0 Å². The molecule has 0 radical (unpaired) electrons. The molecule has 0 aliphatic carbocycles. The quantitative estimate of drug-likeness (QED) is 0.859. The fourth-order valence-electron chi connectivity index (χ4n) is 1.96. The van der Waals surface area contributed by atoms with E-state index >= 15 is 0 Å². The van der Waals surface area contributed by atoms with Crippen LogP contribution in [0.4, 0.5) is 0 Å². The summed E-state index contributed by atoms with van der Waals surface area (Å²) in [6.07, 6.45) is 1.74. The minimum atomic E-state index is -0.543. The third-order valence-corrected chi connectivity index (χ3v) is 2.99. The zero-order valence-electron chi connectivity index (χ0n) is 11.8. The summed E-state index contributed by atoms with van der Waals surface area (Å²) in [4.78, 5) is 16.0. The summed E-state index contributed by atoms with van der Waals surface area (Å²) in [5.74, 6) is -0.667. The molecule has 0 fully saturated rings. The van der Waals surface area contributed by atoms with Gasteiger partial charge in [-0.05, 0) is 32.4 Å². The van der Waals surface area contributed by atoms with Crippen LogP contribution in [0.3, 0.4) is 0 Å². The van der Waals surface area contributed by atoms with E-state index in [0.29, 0.717) is 11.4 Å². The number of aliphatic hydroxyl groups excluding tert-OH is 1. The first-order chi connectivity index (χ1) is 9.52. The first-order valence-corrected chi connectivity index (χ1v) is 6.47. The minimum Gasteiger partial charge on any atom is -0.505 e. The molecule has 0 saturated heterocycles. The van der Waals surface area contributed by atoms with E-state index in [0.717, 1.165) is 11.1 Å². The van der Waals surface area contributed by atoms with Crippen molar-refractivity contribution in [2.45, 2.75) is 20.8 Å². The summed E-state index contributed by atoms with van der Waals surface area (Å²) >= 11 is 0. The highest BCUT2D eigenvalue weighted by atomic mass is 16.5. The normalized spacial score (nSPS) is 16.6. The number of aryl methyl sites for hydroxylation is 1. The Balaban J connectivity index is 2.35. The van der Waals surface area contributed by atoms with Gasteiger partial charge in [0.25, 0.3) is 0 Å². The Morgan fingerprint density at radius 2 is 1.95 bits per heavy atom. The number of carbonyl (C=O) groups is 1. The molecule has 1 aromatic rings. The number of nitrogens with zero attached hydrogens (tertiary/aromatic N) is 1. The van der Waals surface area contributed by atoms with E-state index in [9.17, 15) is 9.90 Å². The van der Waals surface area contributed by atoms with Gasteiger partial charge in [-0.2, -0.15) is 0 Å². The van der Waals surface area contributed by atoms with Gasteiger partial charge in [0.1, 0.15) is 11.3 Å². The number of aliphatic imine (C=N–C) groups is 1. The molecule has 20 heavy (non-hydrogen) atoms. The van der Waals surface area contributed by atoms with Gasteiger partial charge in [-0.3, -0.25) is 0 Å². The molecule has 104 valence electrons. The highest BCUT2D eigenvalue weighted by molar-refractivity contribution is 6.22. The molecule has 0 unspecified atom stereocenters. The molecule has 0 saturated carbocycles. The van der Waals surface area contributed by atoms with Gasteiger partial charge in [0.05, 0.1) is 12.3 Å². The van der Waals surface area contributed by atoms with Gasteiger partial charge in [-0.15, -0.1) is 0 Å². The zero-order chi connectivity index (χ0) is 14.7. The Labute approximate surface area is 118 Å². The second-order valence-corrected chi connectivity index (χ2v) is 4.58. The van der Waals surface area contributed by atoms with E-state index in [1.54, 1.807) is 19.9 Å². The second kappa shape index (κ2) is 5.74. The van der Waals surface area contributed by atoms with Crippen LogP contribution in [-0.2, 0) is 9.53 Å². The molecule has 1 aliphatic rings. The van der Waals surface area contributed by atoms with Gasteiger partial charge < -0.3 is 9.84 Å². The van der Waals surface area contributed by atoms with Gasteiger partial charge in [0.15, 0.2) is 5.76 Å². The lowest BCUT2D eigenvalue weighted by atomic mass is 10.1. The number of carbonyl (C=O) groups excluding carboxylic acids is 1. The first-order valence-electron chi connectivity index (χ1n) is 6.47. The molecule has 1 aromatic carbocycles. The van der Waals surface area contributed by atoms with Crippen LogP contribution in [0, 0.1) is 6.92 Å². The SMILES string of the molecule is CCOC(=O)C1=C(O)C(=Cc2ccc(C)cc2)N=C1C. The molecule has 4 nitrogen and oxygen atoms in total. The molecule has 0 amide bonds. The lowest BCUT2D eigenvalue weighted by molar-refractivity contribution is -0.138. The van der Waals surface area contributed by atoms with E-state index in [4.69, 9.17) is 4.74 Å². The van der Waals surface area contributed by atoms with Crippen LogP contribution in [0.15, 0.2) is 46.3 Å². The number of ether oxygens (including phenoxy) is 1. The minimum absolute atomic E-state index is 0.124. The van der Waals surface area contributed by atoms with Crippen molar-refractivity contribution in [3.05, 3.63) is 52.4 Å². The van der Waals surface area contributed by atoms with Crippen LogP contribution in [0.25, 0.3) is 6.08 Å². The maximum atomic E-state index is 11.8. The molecule has 1 heterocycles. The Hall–Kier alpha value is -2.36. The van der Waals surface area contributed by atoms with E-state index in [2.05, 4.69) is 4.99 Å². The molecule has 0 bridgehead atoms. The summed E-state index contributed by atoms with van der Waals surface area (Å²) in [5.41, 5.74) is 3.07. The zero-order valence-corrected chi connectivity index (χ0v) is 11.8. The highest BCUT2D eigenvalue weighted by Crippen LogP contribution is 2.26. The van der Waals surface area contributed by atoms with Gasteiger partial charge in [-0.25, -0.2) is 9.79 Å². The summed E-state index contributed by atoms with van der Waals surface area (Å²) in [7, 11) is 0. The maximum absolute atomic E-state index is 11.8. The van der Waals surface area contributed by atoms with E-state index in [1.165, 1.54) is 0 Å². The Morgan fingerprint density at radius 1 is 1.30 bits per heavy atom. The van der Waals surface area contributed by atoms with Crippen LogP contribution < -0.4 is 0 Å². The topological polar surface area (TPSA) is 58.9 Å². The maximum Gasteiger partial charge on any atom is 0.343 e. The fraction of sp³-hybridized carbons (Fsp3) is 0.250. The molecule has 4 heteroatoms. The number of hydrogen-bond acceptors (Lipinski definition) is 4. The Morgan fingerprint density at radius 3 is 2.55 bits per heavy atom. The number of rotatable bonds is 3. The predicted octanol–water partition coefficient (Wildman–Crippen LogP) is 3.19. The Kier molecular flexibility index (Phi) is 4.03. The standard InChI is InChI=1S/C16H17NO3/c1-4-20-16(19)14-11(3)17-13(15(14)18)9-12-7-5-10(2)6-8-12/h5-9,18H,4H2,1-3H3. The van der Waals surface area contributed by atoms with Crippen LogP contribution in [0.2, 0.25) is 0 Å². The summed E-state index contributed by atoms with van der Waals surface area (Å²) in [6, 6.07) is 7.82. The van der Waals surface area contributed by atoms with Gasteiger partial charge in [-0.1, -0.05) is 29.8 Å². The van der Waals surface area contributed by atoms with Gasteiger partial charge >= 0.3 is 5.97 Å². The monoisotopic (exact) mass is 271 g/mol. The number of aliphatic hydroxyl groups is 1. The molecular weight excluding hydrogens is 254 g/mol. The van der Waals surface area contributed by atoms with Crippen molar-refractivity contribution in [2.75, 3.05) is 6.61 Å². The molecule has 0 atom stereocenters. The number of esters is 1. The van der Waals surface area contributed by atoms with Crippen molar-refractivity contribution in [1.82, 2.24) is 0 Å². The lowest BCUT2D eigenvalue weighted by Crippen LogP contribution is -2.13. The van der Waals surface area contributed by atoms with Crippen LogP contribution in [-0.4, -0.2) is 23.4 Å². The van der Waals surface area contributed by atoms with Crippen molar-refractivity contribution >= 4 is 17.8 Å². The highest BCUT2D eigenvalue weighted by Gasteiger charge is 2.27. The lowest BCUT2D eigenvalue weighted by Gasteiger charge is -2.02. The van der Waals surface area contributed by atoms with Crippen molar-refractivity contribution < 1.29 is 14.6 Å². The summed E-state index contributed by atoms with van der Waals surface area (Å²) in [6.45, 7) is 5.67. The first kappa shape index (κ1) is 14.1. The molecular formula is C16H17NO3. The van der Waals surface area contributed by atoms with Gasteiger partial charge in [0.2, 0.25) is 0 Å². The van der Waals surface area contributed by atoms with Crippen molar-refractivity contribution in [3.8, 4) is 0 Å².